The van der Waals surface area contributed by atoms with Crippen LogP contribution in [-0.2, 0) is 4.74 Å². The van der Waals surface area contributed by atoms with E-state index in [1.165, 1.54) is 10.6 Å². The molecule has 2 N–H and O–H groups in total. The molecule has 0 aliphatic heterocycles. The lowest BCUT2D eigenvalue weighted by molar-refractivity contribution is 0.190. The fraction of sp³-hybridized carbons (Fsp3) is 0.312. The molecule has 2 heterocycles. The molecule has 7 nitrogen and oxygen atoms in total. The van der Waals surface area contributed by atoms with Gasteiger partial charge in [0.25, 0.3) is 11.3 Å². The maximum Gasteiger partial charge on any atom is 0.274 e. The average Bonchev–Trinajstić information content (AvgIpc) is 2.94. The number of rotatable bonds is 6. The zero-order valence-corrected chi connectivity index (χ0v) is 14.2. The first-order valence-electron chi connectivity index (χ1n) is 7.54. The second-order valence-electron chi connectivity index (χ2n) is 5.48. The normalized spacial score (nSPS) is 12.5. The molecule has 0 aliphatic carbocycles. The quantitative estimate of drug-likeness (QED) is 0.716. The van der Waals surface area contributed by atoms with Crippen molar-refractivity contribution < 1.29 is 4.74 Å². The molecule has 24 heavy (non-hydrogen) atoms. The predicted octanol–water partition coefficient (Wildman–Crippen LogP) is 2.57. The monoisotopic (exact) mass is 347 g/mol. The Kier molecular flexibility index (Phi) is 4.82. The van der Waals surface area contributed by atoms with E-state index < -0.39 is 0 Å². The third-order valence-electron chi connectivity index (χ3n) is 3.63. The molecule has 0 unspecified atom stereocenters. The van der Waals surface area contributed by atoms with Crippen LogP contribution in [-0.4, -0.2) is 33.3 Å². The van der Waals surface area contributed by atoms with Gasteiger partial charge in [0.05, 0.1) is 6.04 Å². The van der Waals surface area contributed by atoms with Gasteiger partial charge in [-0.3, -0.25) is 9.89 Å². The van der Waals surface area contributed by atoms with Gasteiger partial charge in [-0.2, -0.15) is 9.50 Å². The van der Waals surface area contributed by atoms with E-state index >= 15 is 0 Å². The van der Waals surface area contributed by atoms with Crippen molar-refractivity contribution in [1.29, 1.82) is 0 Å². The molecule has 8 heteroatoms. The highest BCUT2D eigenvalue weighted by molar-refractivity contribution is 6.30. The summed E-state index contributed by atoms with van der Waals surface area (Å²) in [5.74, 6) is 0.797. The number of aromatic amines is 1. The molecule has 0 radical (unpaired) electrons. The molecule has 2 aromatic heterocycles. The van der Waals surface area contributed by atoms with Gasteiger partial charge >= 0.3 is 0 Å². The maximum atomic E-state index is 12.0. The minimum absolute atomic E-state index is 0.0685. The maximum absolute atomic E-state index is 12.0. The molecule has 0 bridgehead atoms. The number of halogens is 1. The third kappa shape index (κ3) is 3.58. The highest BCUT2D eigenvalue weighted by Gasteiger charge is 2.15. The summed E-state index contributed by atoms with van der Waals surface area (Å²) in [4.78, 5) is 20.6. The largest absolute Gasteiger partial charge is 0.385 e. The molecular weight excluding hydrogens is 330 g/mol. The number of benzene rings is 1. The number of ether oxygens (including phenoxy) is 1. The van der Waals surface area contributed by atoms with Crippen molar-refractivity contribution in [3.8, 4) is 0 Å². The first-order valence-corrected chi connectivity index (χ1v) is 7.92. The Balaban J connectivity index is 1.92. The van der Waals surface area contributed by atoms with Crippen molar-refractivity contribution in [2.45, 2.75) is 19.4 Å². The fourth-order valence-electron chi connectivity index (χ4n) is 2.50. The summed E-state index contributed by atoms with van der Waals surface area (Å²) < 4.78 is 6.49. The Bertz CT molecular complexity index is 905. The zero-order valence-electron chi connectivity index (χ0n) is 13.4. The van der Waals surface area contributed by atoms with Gasteiger partial charge in [0.2, 0.25) is 5.95 Å². The molecule has 126 valence electrons. The number of nitrogens with zero attached hydrogens (tertiary/aromatic N) is 3. The summed E-state index contributed by atoms with van der Waals surface area (Å²) in [5.41, 5.74) is 1.44. The number of hydrogen-bond acceptors (Lipinski definition) is 5. The van der Waals surface area contributed by atoms with Crippen molar-refractivity contribution in [1.82, 2.24) is 19.6 Å². The van der Waals surface area contributed by atoms with Gasteiger partial charge in [-0.1, -0.05) is 23.7 Å². The molecule has 0 amide bonds. The van der Waals surface area contributed by atoms with Crippen LogP contribution in [0.5, 0.6) is 0 Å². The van der Waals surface area contributed by atoms with E-state index in [-0.39, 0.29) is 11.6 Å². The highest BCUT2D eigenvalue weighted by Crippen LogP contribution is 2.23. The molecular formula is C16H18ClN5O2. The Morgan fingerprint density at radius 2 is 2.21 bits per heavy atom. The van der Waals surface area contributed by atoms with Crippen LogP contribution in [0, 0.1) is 6.92 Å². The number of aryl methyl sites for hydroxylation is 1. The van der Waals surface area contributed by atoms with Gasteiger partial charge < -0.3 is 10.1 Å². The summed E-state index contributed by atoms with van der Waals surface area (Å²) in [6.45, 7) is 2.33. The average molecular weight is 348 g/mol. The number of nitrogens with one attached hydrogen (secondary N) is 2. The first-order chi connectivity index (χ1) is 11.6. The smallest absolute Gasteiger partial charge is 0.274 e. The Labute approximate surface area is 143 Å². The summed E-state index contributed by atoms with van der Waals surface area (Å²) in [6, 6.07) is 8.98. The molecule has 0 aliphatic rings. The van der Waals surface area contributed by atoms with Crippen LogP contribution >= 0.6 is 11.6 Å². The SMILES string of the molecule is COCC[C@@H](Nc1nc2nc(C)cc(=O)n2[nH]1)c1cccc(Cl)c1. The lowest BCUT2D eigenvalue weighted by Crippen LogP contribution is -2.16. The van der Waals surface area contributed by atoms with Crippen molar-refractivity contribution in [2.75, 3.05) is 19.0 Å². The highest BCUT2D eigenvalue weighted by atomic mass is 35.5. The van der Waals surface area contributed by atoms with Crippen molar-refractivity contribution in [3.63, 3.8) is 0 Å². The fourth-order valence-corrected chi connectivity index (χ4v) is 2.70. The number of anilines is 1. The van der Waals surface area contributed by atoms with E-state index in [1.54, 1.807) is 14.0 Å². The lowest BCUT2D eigenvalue weighted by Gasteiger charge is -2.18. The summed E-state index contributed by atoms with van der Waals surface area (Å²) in [7, 11) is 1.66. The Morgan fingerprint density at radius 1 is 1.38 bits per heavy atom. The zero-order chi connectivity index (χ0) is 17.1. The van der Waals surface area contributed by atoms with Crippen LogP contribution in [0.1, 0.15) is 23.7 Å². The van der Waals surface area contributed by atoms with Gasteiger partial charge in [0.15, 0.2) is 0 Å². The summed E-state index contributed by atoms with van der Waals surface area (Å²) >= 11 is 6.09. The second-order valence-corrected chi connectivity index (χ2v) is 5.91. The van der Waals surface area contributed by atoms with Crippen molar-refractivity contribution >= 4 is 23.3 Å². The lowest BCUT2D eigenvalue weighted by atomic mass is 10.0. The molecule has 0 spiro atoms. The standard InChI is InChI=1S/C16H18ClN5O2/c1-10-8-14(23)22-16(18-10)20-15(21-22)19-13(6-7-24-2)11-4-3-5-12(17)9-11/h3-5,8-9,13H,6-7H2,1-2H3,(H2,18,19,20,21)/t13-/m1/s1. The van der Waals surface area contributed by atoms with E-state index in [0.717, 1.165) is 12.0 Å². The van der Waals surface area contributed by atoms with E-state index in [2.05, 4.69) is 20.4 Å². The van der Waals surface area contributed by atoms with Crippen molar-refractivity contribution in [3.05, 3.63) is 57.0 Å². The molecule has 0 saturated carbocycles. The summed E-state index contributed by atoms with van der Waals surface area (Å²) in [6.07, 6.45) is 0.718. The van der Waals surface area contributed by atoms with Crippen LogP contribution in [0.3, 0.4) is 0 Å². The van der Waals surface area contributed by atoms with Crippen molar-refractivity contribution in [2.24, 2.45) is 0 Å². The van der Waals surface area contributed by atoms with Gasteiger partial charge in [-0.15, -0.1) is 0 Å². The van der Waals surface area contributed by atoms with E-state index in [9.17, 15) is 4.79 Å². The van der Waals surface area contributed by atoms with Crippen LogP contribution in [0.15, 0.2) is 35.1 Å². The van der Waals surface area contributed by atoms with E-state index in [0.29, 0.717) is 29.0 Å². The topological polar surface area (TPSA) is 84.3 Å². The number of aromatic nitrogens is 4. The number of H-pyrrole nitrogens is 1. The van der Waals surface area contributed by atoms with Crippen LogP contribution in [0.2, 0.25) is 5.02 Å². The van der Waals surface area contributed by atoms with Gasteiger partial charge in [0, 0.05) is 30.5 Å². The van der Waals surface area contributed by atoms with Gasteiger partial charge in [0.1, 0.15) is 0 Å². The first kappa shape index (κ1) is 16.5. The number of hydrogen-bond donors (Lipinski definition) is 2. The third-order valence-corrected chi connectivity index (χ3v) is 3.87. The van der Waals surface area contributed by atoms with E-state index in [4.69, 9.17) is 16.3 Å². The predicted molar refractivity (Wildman–Crippen MR) is 92.7 cm³/mol. The Hall–Kier alpha value is -2.38. The van der Waals surface area contributed by atoms with E-state index in [1.807, 2.05) is 24.3 Å². The summed E-state index contributed by atoms with van der Waals surface area (Å²) in [5, 5.41) is 6.88. The molecule has 3 aromatic rings. The molecule has 1 atom stereocenters. The minimum atomic E-state index is -0.200. The molecule has 1 aromatic carbocycles. The van der Waals surface area contributed by atoms with Gasteiger partial charge in [-0.05, 0) is 31.0 Å². The minimum Gasteiger partial charge on any atom is -0.385 e. The molecule has 0 fully saturated rings. The van der Waals surface area contributed by atoms with Crippen LogP contribution in [0.25, 0.3) is 5.78 Å². The Morgan fingerprint density at radius 3 is 2.96 bits per heavy atom. The van der Waals surface area contributed by atoms with Gasteiger partial charge in [-0.25, -0.2) is 4.98 Å². The van der Waals surface area contributed by atoms with Crippen LogP contribution < -0.4 is 10.9 Å². The second kappa shape index (κ2) is 7.02. The number of fused-ring (bicyclic) bond motifs is 1. The van der Waals surface area contributed by atoms with Crippen LogP contribution in [0.4, 0.5) is 5.95 Å². The molecule has 3 rings (SSSR count). The number of methoxy groups -OCH3 is 1. The molecule has 0 saturated heterocycles.